The maximum Gasteiger partial charge on any atom is 0.0155 e. The highest BCUT2D eigenvalue weighted by atomic mass is 14.2. The molecule has 0 saturated carbocycles. The third-order valence-corrected chi connectivity index (χ3v) is 3.25. The van der Waals surface area contributed by atoms with Crippen LogP contribution in [-0.4, -0.2) is 0 Å². The lowest BCUT2D eigenvalue weighted by Crippen LogP contribution is -2.11. The van der Waals surface area contributed by atoms with Crippen molar-refractivity contribution in [1.82, 2.24) is 0 Å². The van der Waals surface area contributed by atoms with Crippen LogP contribution in [0.25, 0.3) is 0 Å². The van der Waals surface area contributed by atoms with Gasteiger partial charge in [-0.05, 0) is 28.9 Å². The van der Waals surface area contributed by atoms with Crippen molar-refractivity contribution in [2.45, 2.75) is 58.3 Å². The Morgan fingerprint density at radius 2 is 1.76 bits per heavy atom. The predicted octanol–water partition coefficient (Wildman–Crippen LogP) is 4.89. The highest BCUT2D eigenvalue weighted by Crippen LogP contribution is 2.28. The lowest BCUT2D eigenvalue weighted by Gasteiger charge is -2.20. The van der Waals surface area contributed by atoms with Gasteiger partial charge in [0.15, 0.2) is 0 Å². The van der Waals surface area contributed by atoms with E-state index in [4.69, 9.17) is 6.42 Å². The second kappa shape index (κ2) is 5.92. The van der Waals surface area contributed by atoms with Gasteiger partial charge in [0, 0.05) is 6.42 Å². The van der Waals surface area contributed by atoms with Gasteiger partial charge in [0.1, 0.15) is 0 Å². The summed E-state index contributed by atoms with van der Waals surface area (Å²) in [6.07, 6.45) is 8.66. The first-order valence-electron chi connectivity index (χ1n) is 6.53. The van der Waals surface area contributed by atoms with E-state index in [2.05, 4.69) is 57.9 Å². The van der Waals surface area contributed by atoms with E-state index in [-0.39, 0.29) is 5.41 Å². The van der Waals surface area contributed by atoms with Crippen LogP contribution in [0.2, 0.25) is 0 Å². The fourth-order valence-electron chi connectivity index (χ4n) is 2.13. The molecule has 0 aliphatic rings. The monoisotopic (exact) mass is 228 g/mol. The molecule has 0 nitrogen and oxygen atoms in total. The quantitative estimate of drug-likeness (QED) is 0.644. The number of terminal acetylenes is 1. The summed E-state index contributed by atoms with van der Waals surface area (Å²) < 4.78 is 0. The topological polar surface area (TPSA) is 0 Å². The van der Waals surface area contributed by atoms with E-state index in [1.54, 1.807) is 0 Å². The zero-order valence-corrected chi connectivity index (χ0v) is 11.6. The van der Waals surface area contributed by atoms with Gasteiger partial charge in [0.05, 0.1) is 0 Å². The van der Waals surface area contributed by atoms with Crippen molar-refractivity contribution in [2.24, 2.45) is 0 Å². The summed E-state index contributed by atoms with van der Waals surface area (Å²) in [7, 11) is 0. The van der Waals surface area contributed by atoms with E-state index in [1.807, 2.05) is 0 Å². The largest absolute Gasteiger partial charge is 0.120 e. The van der Waals surface area contributed by atoms with Gasteiger partial charge in [0.2, 0.25) is 0 Å². The molecule has 0 spiro atoms. The zero-order chi connectivity index (χ0) is 12.9. The minimum atomic E-state index is 0.227. The molecular weight excluding hydrogens is 204 g/mol. The normalized spacial score (nSPS) is 13.1. The number of hydrogen-bond acceptors (Lipinski definition) is 0. The molecule has 0 heterocycles. The molecule has 1 rings (SSSR count). The van der Waals surface area contributed by atoms with E-state index in [1.165, 1.54) is 24.0 Å². The standard InChI is InChI=1S/C17H24/c1-6-8-14(9-7-2)15-10-12-16(13-11-15)17(3,4)5/h1,10-14H,7-9H2,2-5H3. The van der Waals surface area contributed by atoms with Gasteiger partial charge >= 0.3 is 0 Å². The lowest BCUT2D eigenvalue weighted by atomic mass is 9.84. The molecule has 0 radical (unpaired) electrons. The van der Waals surface area contributed by atoms with E-state index in [9.17, 15) is 0 Å². The molecule has 0 heteroatoms. The third-order valence-electron chi connectivity index (χ3n) is 3.25. The fraction of sp³-hybridized carbons (Fsp3) is 0.529. The van der Waals surface area contributed by atoms with Crippen molar-refractivity contribution < 1.29 is 0 Å². The Labute approximate surface area is 106 Å². The highest BCUT2D eigenvalue weighted by molar-refractivity contribution is 5.30. The highest BCUT2D eigenvalue weighted by Gasteiger charge is 2.14. The van der Waals surface area contributed by atoms with E-state index < -0.39 is 0 Å². The minimum Gasteiger partial charge on any atom is -0.120 e. The van der Waals surface area contributed by atoms with Crippen molar-refractivity contribution >= 4 is 0 Å². The van der Waals surface area contributed by atoms with E-state index in [0.29, 0.717) is 5.92 Å². The molecule has 92 valence electrons. The molecule has 0 bridgehead atoms. The van der Waals surface area contributed by atoms with Crippen LogP contribution in [0.3, 0.4) is 0 Å². The van der Waals surface area contributed by atoms with Crippen LogP contribution in [0, 0.1) is 12.3 Å². The Balaban J connectivity index is 2.88. The summed E-state index contributed by atoms with van der Waals surface area (Å²) in [5.74, 6) is 3.32. The summed E-state index contributed by atoms with van der Waals surface area (Å²) in [6, 6.07) is 8.99. The molecule has 0 aromatic heterocycles. The number of hydrogen-bond donors (Lipinski definition) is 0. The summed E-state index contributed by atoms with van der Waals surface area (Å²) in [5.41, 5.74) is 3.00. The Bertz CT molecular complexity index is 370. The first-order chi connectivity index (χ1) is 7.99. The minimum absolute atomic E-state index is 0.227. The summed E-state index contributed by atoms with van der Waals surface area (Å²) in [6.45, 7) is 8.94. The van der Waals surface area contributed by atoms with Crippen LogP contribution < -0.4 is 0 Å². The van der Waals surface area contributed by atoms with Crippen LogP contribution in [-0.2, 0) is 5.41 Å². The van der Waals surface area contributed by atoms with E-state index in [0.717, 1.165) is 6.42 Å². The van der Waals surface area contributed by atoms with Gasteiger partial charge in [-0.1, -0.05) is 58.4 Å². The van der Waals surface area contributed by atoms with Gasteiger partial charge in [-0.25, -0.2) is 0 Å². The van der Waals surface area contributed by atoms with Gasteiger partial charge in [-0.3, -0.25) is 0 Å². The fourth-order valence-corrected chi connectivity index (χ4v) is 2.13. The van der Waals surface area contributed by atoms with Crippen molar-refractivity contribution in [1.29, 1.82) is 0 Å². The van der Waals surface area contributed by atoms with Crippen LogP contribution in [0.4, 0.5) is 0 Å². The molecule has 0 saturated heterocycles. The maximum absolute atomic E-state index is 5.45. The van der Waals surface area contributed by atoms with Crippen molar-refractivity contribution in [3.8, 4) is 12.3 Å². The van der Waals surface area contributed by atoms with Gasteiger partial charge < -0.3 is 0 Å². The first kappa shape index (κ1) is 13.8. The molecule has 1 aromatic carbocycles. The van der Waals surface area contributed by atoms with Gasteiger partial charge in [-0.15, -0.1) is 12.3 Å². The number of rotatable bonds is 4. The predicted molar refractivity (Wildman–Crippen MR) is 76.2 cm³/mol. The third kappa shape index (κ3) is 3.93. The van der Waals surface area contributed by atoms with Crippen molar-refractivity contribution in [2.75, 3.05) is 0 Å². The molecule has 0 aliphatic carbocycles. The molecule has 1 unspecified atom stereocenters. The second-order valence-electron chi connectivity index (χ2n) is 5.77. The Morgan fingerprint density at radius 1 is 1.18 bits per heavy atom. The molecule has 1 atom stereocenters. The average Bonchev–Trinajstić information content (AvgIpc) is 2.28. The summed E-state index contributed by atoms with van der Waals surface area (Å²) in [5, 5.41) is 0. The second-order valence-corrected chi connectivity index (χ2v) is 5.77. The van der Waals surface area contributed by atoms with Crippen LogP contribution in [0.15, 0.2) is 24.3 Å². The first-order valence-corrected chi connectivity index (χ1v) is 6.53. The average molecular weight is 228 g/mol. The molecule has 1 aromatic rings. The van der Waals surface area contributed by atoms with Crippen LogP contribution in [0.1, 0.15) is 64.0 Å². The Hall–Kier alpha value is -1.22. The van der Waals surface area contributed by atoms with Gasteiger partial charge in [-0.2, -0.15) is 0 Å². The molecule has 0 fully saturated rings. The van der Waals surface area contributed by atoms with Crippen LogP contribution in [0.5, 0.6) is 0 Å². The van der Waals surface area contributed by atoms with Crippen molar-refractivity contribution in [3.05, 3.63) is 35.4 Å². The van der Waals surface area contributed by atoms with E-state index >= 15 is 0 Å². The van der Waals surface area contributed by atoms with Crippen LogP contribution >= 0.6 is 0 Å². The van der Waals surface area contributed by atoms with Crippen molar-refractivity contribution in [3.63, 3.8) is 0 Å². The molecule has 17 heavy (non-hydrogen) atoms. The summed E-state index contributed by atoms with van der Waals surface area (Å²) >= 11 is 0. The Morgan fingerprint density at radius 3 is 2.18 bits per heavy atom. The molecular formula is C17H24. The lowest BCUT2D eigenvalue weighted by molar-refractivity contribution is 0.587. The number of benzene rings is 1. The maximum atomic E-state index is 5.45. The molecule has 0 N–H and O–H groups in total. The molecule has 0 aliphatic heterocycles. The zero-order valence-electron chi connectivity index (χ0n) is 11.6. The molecule has 0 amide bonds. The SMILES string of the molecule is C#CCC(CCC)c1ccc(C(C)(C)C)cc1. The Kier molecular flexibility index (Phi) is 4.82. The summed E-state index contributed by atoms with van der Waals surface area (Å²) in [4.78, 5) is 0. The van der Waals surface area contributed by atoms with Gasteiger partial charge in [0.25, 0.3) is 0 Å². The smallest absolute Gasteiger partial charge is 0.0155 e.